The van der Waals surface area contributed by atoms with E-state index in [1.54, 1.807) is 0 Å². The van der Waals surface area contributed by atoms with Gasteiger partial charge in [-0.15, -0.1) is 11.8 Å². The zero-order chi connectivity index (χ0) is 14.3. The van der Waals surface area contributed by atoms with E-state index in [0.717, 1.165) is 5.69 Å². The minimum Gasteiger partial charge on any atom is -0.394 e. The van der Waals surface area contributed by atoms with E-state index in [0.29, 0.717) is 11.7 Å². The van der Waals surface area contributed by atoms with Crippen molar-refractivity contribution in [3.8, 4) is 0 Å². The Kier molecular flexibility index (Phi) is 6.91. The van der Waals surface area contributed by atoms with Crippen LogP contribution in [0, 0.1) is 0 Å². The molecular weight excluding hydrogens is 262 g/mol. The molecule has 0 aliphatic rings. The standard InChI is InChI=1S/C14H21NO3S/c1-10(2)11-4-3-5-12(6-11)15-14(18)9-19-8-13(17)7-16/h3-6,10,13,16-17H,7-9H2,1-2H3,(H,15,18). The summed E-state index contributed by atoms with van der Waals surface area (Å²) in [7, 11) is 0. The molecule has 0 heterocycles. The summed E-state index contributed by atoms with van der Waals surface area (Å²) in [6.07, 6.45) is -0.762. The topological polar surface area (TPSA) is 69.6 Å². The monoisotopic (exact) mass is 283 g/mol. The number of benzene rings is 1. The molecule has 5 heteroatoms. The Morgan fingerprint density at radius 1 is 1.42 bits per heavy atom. The Morgan fingerprint density at radius 3 is 2.79 bits per heavy atom. The molecule has 106 valence electrons. The van der Waals surface area contributed by atoms with E-state index in [-0.39, 0.29) is 18.3 Å². The molecule has 0 radical (unpaired) electrons. The molecule has 1 unspecified atom stereocenters. The van der Waals surface area contributed by atoms with E-state index < -0.39 is 6.10 Å². The Balaban J connectivity index is 2.42. The average Bonchev–Trinajstić information content (AvgIpc) is 2.38. The van der Waals surface area contributed by atoms with Gasteiger partial charge in [0.25, 0.3) is 0 Å². The van der Waals surface area contributed by atoms with E-state index in [2.05, 4.69) is 19.2 Å². The second-order valence-corrected chi connectivity index (χ2v) is 5.71. The maximum absolute atomic E-state index is 11.7. The van der Waals surface area contributed by atoms with Gasteiger partial charge in [-0.05, 0) is 23.6 Å². The Morgan fingerprint density at radius 2 is 2.16 bits per heavy atom. The van der Waals surface area contributed by atoms with Crippen LogP contribution in [-0.4, -0.2) is 40.3 Å². The SMILES string of the molecule is CC(C)c1cccc(NC(=O)CSCC(O)CO)c1. The molecular formula is C14H21NO3S. The smallest absolute Gasteiger partial charge is 0.234 e. The van der Waals surface area contributed by atoms with Gasteiger partial charge in [0.1, 0.15) is 0 Å². The van der Waals surface area contributed by atoms with Gasteiger partial charge in [-0.25, -0.2) is 0 Å². The molecule has 1 amide bonds. The molecule has 1 aromatic rings. The lowest BCUT2D eigenvalue weighted by molar-refractivity contribution is -0.113. The molecule has 1 aromatic carbocycles. The quantitative estimate of drug-likeness (QED) is 0.714. The van der Waals surface area contributed by atoms with Gasteiger partial charge in [0.15, 0.2) is 0 Å². The summed E-state index contributed by atoms with van der Waals surface area (Å²) in [5.41, 5.74) is 1.97. The fourth-order valence-corrected chi connectivity index (χ4v) is 2.27. The Hall–Kier alpha value is -1.04. The van der Waals surface area contributed by atoms with Crippen molar-refractivity contribution in [2.24, 2.45) is 0 Å². The van der Waals surface area contributed by atoms with E-state index in [1.807, 2.05) is 24.3 Å². The number of thioether (sulfide) groups is 1. The molecule has 0 saturated carbocycles. The largest absolute Gasteiger partial charge is 0.394 e. The van der Waals surface area contributed by atoms with E-state index in [9.17, 15) is 4.79 Å². The van der Waals surface area contributed by atoms with Crippen molar-refractivity contribution in [1.82, 2.24) is 0 Å². The van der Waals surface area contributed by atoms with Crippen LogP contribution in [0.5, 0.6) is 0 Å². The number of amides is 1. The molecule has 0 fully saturated rings. The van der Waals surface area contributed by atoms with Gasteiger partial charge >= 0.3 is 0 Å². The van der Waals surface area contributed by atoms with Crippen LogP contribution in [-0.2, 0) is 4.79 Å². The maximum Gasteiger partial charge on any atom is 0.234 e. The van der Waals surface area contributed by atoms with Crippen LogP contribution in [0.4, 0.5) is 5.69 Å². The van der Waals surface area contributed by atoms with Crippen molar-refractivity contribution in [3.05, 3.63) is 29.8 Å². The van der Waals surface area contributed by atoms with Crippen molar-refractivity contribution in [2.45, 2.75) is 25.9 Å². The highest BCUT2D eigenvalue weighted by Crippen LogP contribution is 2.18. The molecule has 0 aliphatic heterocycles. The van der Waals surface area contributed by atoms with Crippen molar-refractivity contribution >= 4 is 23.4 Å². The second kappa shape index (κ2) is 8.19. The molecule has 0 spiro atoms. The molecule has 3 N–H and O–H groups in total. The molecule has 19 heavy (non-hydrogen) atoms. The van der Waals surface area contributed by atoms with E-state index >= 15 is 0 Å². The maximum atomic E-state index is 11.7. The van der Waals surface area contributed by atoms with Crippen LogP contribution in [0.15, 0.2) is 24.3 Å². The predicted octanol–water partition coefficient (Wildman–Crippen LogP) is 1.83. The minimum atomic E-state index is -0.762. The second-order valence-electron chi connectivity index (χ2n) is 4.68. The van der Waals surface area contributed by atoms with Gasteiger partial charge in [0.2, 0.25) is 5.91 Å². The average molecular weight is 283 g/mol. The number of hydrogen-bond acceptors (Lipinski definition) is 4. The van der Waals surface area contributed by atoms with Gasteiger partial charge in [0, 0.05) is 11.4 Å². The highest BCUT2D eigenvalue weighted by atomic mass is 32.2. The van der Waals surface area contributed by atoms with Gasteiger partial charge in [0.05, 0.1) is 18.5 Å². The summed E-state index contributed by atoms with van der Waals surface area (Å²) in [5, 5.41) is 20.6. The molecule has 0 bridgehead atoms. The fraction of sp³-hybridized carbons (Fsp3) is 0.500. The molecule has 4 nitrogen and oxygen atoms in total. The first-order chi connectivity index (χ1) is 9.02. The van der Waals surface area contributed by atoms with E-state index in [4.69, 9.17) is 10.2 Å². The first kappa shape index (κ1) is 16.0. The summed E-state index contributed by atoms with van der Waals surface area (Å²) in [4.78, 5) is 11.7. The third-order valence-corrected chi connectivity index (χ3v) is 3.68. The predicted molar refractivity (Wildman–Crippen MR) is 79.6 cm³/mol. The molecule has 1 rings (SSSR count). The molecule has 0 saturated heterocycles. The zero-order valence-corrected chi connectivity index (χ0v) is 12.1. The minimum absolute atomic E-state index is 0.101. The molecule has 1 atom stereocenters. The lowest BCUT2D eigenvalue weighted by Gasteiger charge is -2.10. The first-order valence-electron chi connectivity index (χ1n) is 6.29. The zero-order valence-electron chi connectivity index (χ0n) is 11.3. The van der Waals surface area contributed by atoms with Crippen molar-refractivity contribution in [2.75, 3.05) is 23.4 Å². The van der Waals surface area contributed by atoms with Crippen LogP contribution >= 0.6 is 11.8 Å². The first-order valence-corrected chi connectivity index (χ1v) is 7.45. The highest BCUT2D eigenvalue weighted by molar-refractivity contribution is 8.00. The van der Waals surface area contributed by atoms with Crippen molar-refractivity contribution in [1.29, 1.82) is 0 Å². The number of hydrogen-bond donors (Lipinski definition) is 3. The summed E-state index contributed by atoms with van der Waals surface area (Å²) in [6, 6.07) is 7.78. The highest BCUT2D eigenvalue weighted by Gasteiger charge is 2.07. The third kappa shape index (κ3) is 6.09. The summed E-state index contributed by atoms with van der Waals surface area (Å²) >= 11 is 1.30. The lowest BCUT2D eigenvalue weighted by atomic mass is 10.0. The number of carbonyl (C=O) groups is 1. The number of carbonyl (C=O) groups excluding carboxylic acids is 1. The number of anilines is 1. The van der Waals surface area contributed by atoms with Crippen molar-refractivity contribution in [3.63, 3.8) is 0 Å². The summed E-state index contributed by atoms with van der Waals surface area (Å²) in [6.45, 7) is 3.94. The summed E-state index contributed by atoms with van der Waals surface area (Å²) in [5.74, 6) is 0.945. The number of rotatable bonds is 7. The molecule has 0 aromatic heterocycles. The van der Waals surface area contributed by atoms with Gasteiger partial charge in [-0.3, -0.25) is 4.79 Å². The summed E-state index contributed by atoms with van der Waals surface area (Å²) < 4.78 is 0. The van der Waals surface area contributed by atoms with Crippen LogP contribution in [0.25, 0.3) is 0 Å². The Labute approximate surface area is 118 Å². The van der Waals surface area contributed by atoms with Gasteiger partial charge in [-0.1, -0.05) is 26.0 Å². The number of nitrogens with one attached hydrogen (secondary N) is 1. The van der Waals surface area contributed by atoms with Crippen LogP contribution in [0.1, 0.15) is 25.3 Å². The number of aliphatic hydroxyl groups excluding tert-OH is 2. The van der Waals surface area contributed by atoms with Crippen LogP contribution in [0.2, 0.25) is 0 Å². The van der Waals surface area contributed by atoms with Gasteiger partial charge in [-0.2, -0.15) is 0 Å². The van der Waals surface area contributed by atoms with Crippen LogP contribution in [0.3, 0.4) is 0 Å². The van der Waals surface area contributed by atoms with Crippen LogP contribution < -0.4 is 5.32 Å². The normalized spacial score (nSPS) is 12.5. The lowest BCUT2D eigenvalue weighted by Crippen LogP contribution is -2.19. The molecule has 0 aliphatic carbocycles. The number of aliphatic hydroxyl groups is 2. The Bertz CT molecular complexity index is 409. The third-order valence-electron chi connectivity index (χ3n) is 2.59. The van der Waals surface area contributed by atoms with Gasteiger partial charge < -0.3 is 15.5 Å². The van der Waals surface area contributed by atoms with E-state index in [1.165, 1.54) is 17.3 Å². The van der Waals surface area contributed by atoms with Crippen molar-refractivity contribution < 1.29 is 15.0 Å². The fourth-order valence-electron chi connectivity index (χ4n) is 1.51.